The zero-order valence-corrected chi connectivity index (χ0v) is 13.4. The number of carboxylic acids is 1. The third kappa shape index (κ3) is 2.52. The van der Waals surface area contributed by atoms with Gasteiger partial charge in [0.2, 0.25) is 0 Å². The predicted octanol–water partition coefficient (Wildman–Crippen LogP) is 4.80. The van der Waals surface area contributed by atoms with Gasteiger partial charge in [0.15, 0.2) is 0 Å². The number of aromatic nitrogens is 1. The van der Waals surface area contributed by atoms with Crippen LogP contribution < -0.4 is 0 Å². The second-order valence-corrected chi connectivity index (χ2v) is 5.84. The van der Waals surface area contributed by atoms with Gasteiger partial charge in [0.1, 0.15) is 11.6 Å². The number of halogens is 2. The average Bonchev–Trinajstić information content (AvgIpc) is 2.49. The van der Waals surface area contributed by atoms with Crippen LogP contribution in [0.2, 0.25) is 0 Å². The highest BCUT2D eigenvalue weighted by Gasteiger charge is 2.20. The normalized spacial score (nSPS) is 11.0. The molecule has 2 aromatic carbocycles. The molecule has 1 N–H and O–H groups in total. The van der Waals surface area contributed by atoms with Crippen LogP contribution in [0.3, 0.4) is 0 Å². The fourth-order valence-corrected chi connectivity index (χ4v) is 2.88. The molecule has 122 valence electrons. The second kappa shape index (κ2) is 5.67. The van der Waals surface area contributed by atoms with E-state index in [1.807, 2.05) is 0 Å². The minimum Gasteiger partial charge on any atom is -0.478 e. The first kappa shape index (κ1) is 16.1. The standard InChI is InChI=1S/C19H15F2NO2/c1-9-6-14(20)18(15(21)7-9)17-10(2)11(3)22-16-5-4-12(19(23)24)8-13(16)17/h4-8H,1-3H3,(H,23,24). The van der Waals surface area contributed by atoms with Crippen LogP contribution in [0.15, 0.2) is 30.3 Å². The molecule has 5 heteroatoms. The number of benzene rings is 2. The number of rotatable bonds is 2. The van der Waals surface area contributed by atoms with Crippen LogP contribution in [0.4, 0.5) is 8.78 Å². The van der Waals surface area contributed by atoms with E-state index >= 15 is 0 Å². The van der Waals surface area contributed by atoms with Crippen molar-refractivity contribution >= 4 is 16.9 Å². The molecule has 0 spiro atoms. The summed E-state index contributed by atoms with van der Waals surface area (Å²) in [6.45, 7) is 5.10. The van der Waals surface area contributed by atoms with Gasteiger partial charge in [-0.05, 0) is 62.2 Å². The number of hydrogen-bond acceptors (Lipinski definition) is 2. The van der Waals surface area contributed by atoms with E-state index in [0.29, 0.717) is 33.3 Å². The summed E-state index contributed by atoms with van der Waals surface area (Å²) in [5.74, 6) is -2.46. The third-order valence-corrected chi connectivity index (χ3v) is 4.16. The third-order valence-electron chi connectivity index (χ3n) is 4.16. The van der Waals surface area contributed by atoms with Gasteiger partial charge >= 0.3 is 5.97 Å². The number of aromatic carboxylic acids is 1. The molecule has 3 aromatic rings. The van der Waals surface area contributed by atoms with Crippen LogP contribution in [0.5, 0.6) is 0 Å². The Labute approximate surface area is 137 Å². The maximum Gasteiger partial charge on any atom is 0.335 e. The number of fused-ring (bicyclic) bond motifs is 1. The molecule has 3 nitrogen and oxygen atoms in total. The Bertz CT molecular complexity index is 973. The van der Waals surface area contributed by atoms with Crippen LogP contribution in [0.25, 0.3) is 22.0 Å². The zero-order valence-electron chi connectivity index (χ0n) is 13.4. The predicted molar refractivity (Wildman–Crippen MR) is 88.3 cm³/mol. The van der Waals surface area contributed by atoms with E-state index < -0.39 is 17.6 Å². The summed E-state index contributed by atoms with van der Waals surface area (Å²) in [6.07, 6.45) is 0. The van der Waals surface area contributed by atoms with Crippen molar-refractivity contribution in [3.05, 3.63) is 64.4 Å². The Kier molecular flexibility index (Phi) is 3.79. The van der Waals surface area contributed by atoms with Crippen molar-refractivity contribution in [3.63, 3.8) is 0 Å². The highest BCUT2D eigenvalue weighted by Crippen LogP contribution is 2.36. The van der Waals surface area contributed by atoms with Crippen molar-refractivity contribution in [2.75, 3.05) is 0 Å². The first-order valence-electron chi connectivity index (χ1n) is 7.40. The molecule has 0 atom stereocenters. The first-order chi connectivity index (χ1) is 11.3. The molecule has 0 fully saturated rings. The van der Waals surface area contributed by atoms with E-state index in [0.717, 1.165) is 0 Å². The molecule has 0 unspecified atom stereocenters. The summed E-state index contributed by atoms with van der Waals surface area (Å²) in [7, 11) is 0. The van der Waals surface area contributed by atoms with Gasteiger partial charge in [0.25, 0.3) is 0 Å². The zero-order chi connectivity index (χ0) is 17.6. The Balaban J connectivity index is 2.48. The molecular weight excluding hydrogens is 312 g/mol. The van der Waals surface area contributed by atoms with Crippen molar-refractivity contribution in [1.29, 1.82) is 0 Å². The fraction of sp³-hybridized carbons (Fsp3) is 0.158. The Morgan fingerprint density at radius 1 is 1.00 bits per heavy atom. The van der Waals surface area contributed by atoms with Crippen molar-refractivity contribution in [1.82, 2.24) is 4.98 Å². The maximum atomic E-state index is 14.5. The van der Waals surface area contributed by atoms with Crippen LogP contribution in [-0.2, 0) is 0 Å². The average molecular weight is 327 g/mol. The molecule has 0 amide bonds. The van der Waals surface area contributed by atoms with Gasteiger partial charge in [0, 0.05) is 16.6 Å². The van der Waals surface area contributed by atoms with Crippen molar-refractivity contribution in [2.24, 2.45) is 0 Å². The highest BCUT2D eigenvalue weighted by atomic mass is 19.1. The van der Waals surface area contributed by atoms with Crippen LogP contribution in [0, 0.1) is 32.4 Å². The first-order valence-corrected chi connectivity index (χ1v) is 7.40. The van der Waals surface area contributed by atoms with Crippen LogP contribution in [0.1, 0.15) is 27.2 Å². The lowest BCUT2D eigenvalue weighted by Crippen LogP contribution is -2.01. The molecule has 0 aliphatic heterocycles. The van der Waals surface area contributed by atoms with Gasteiger partial charge in [-0.25, -0.2) is 13.6 Å². The molecule has 0 aliphatic rings. The molecule has 24 heavy (non-hydrogen) atoms. The quantitative estimate of drug-likeness (QED) is 0.735. The van der Waals surface area contributed by atoms with Gasteiger partial charge in [-0.2, -0.15) is 0 Å². The summed E-state index contributed by atoms with van der Waals surface area (Å²) in [4.78, 5) is 15.7. The SMILES string of the molecule is Cc1cc(F)c(-c2c(C)c(C)nc3ccc(C(=O)O)cc23)c(F)c1. The highest BCUT2D eigenvalue weighted by molar-refractivity contribution is 6.01. The fourth-order valence-electron chi connectivity index (χ4n) is 2.88. The van der Waals surface area contributed by atoms with E-state index in [-0.39, 0.29) is 11.1 Å². The summed E-state index contributed by atoms with van der Waals surface area (Å²) in [5, 5.41) is 9.62. The maximum absolute atomic E-state index is 14.5. The van der Waals surface area contributed by atoms with E-state index in [1.54, 1.807) is 26.8 Å². The van der Waals surface area contributed by atoms with Gasteiger partial charge < -0.3 is 5.11 Å². The topological polar surface area (TPSA) is 50.2 Å². The van der Waals surface area contributed by atoms with E-state index in [9.17, 15) is 18.7 Å². The van der Waals surface area contributed by atoms with Gasteiger partial charge in [-0.15, -0.1) is 0 Å². The van der Waals surface area contributed by atoms with E-state index in [2.05, 4.69) is 4.98 Å². The molecule has 1 heterocycles. The monoisotopic (exact) mass is 327 g/mol. The minimum absolute atomic E-state index is 0.0433. The number of nitrogens with zero attached hydrogens (tertiary/aromatic N) is 1. The van der Waals surface area contributed by atoms with Gasteiger partial charge in [0.05, 0.1) is 16.6 Å². The molecule has 0 aliphatic carbocycles. The minimum atomic E-state index is -1.11. The molecule has 3 rings (SSSR count). The Morgan fingerprint density at radius 3 is 2.21 bits per heavy atom. The Hall–Kier alpha value is -2.82. The van der Waals surface area contributed by atoms with Gasteiger partial charge in [-0.1, -0.05) is 0 Å². The number of hydrogen-bond donors (Lipinski definition) is 1. The second-order valence-electron chi connectivity index (χ2n) is 5.84. The smallest absolute Gasteiger partial charge is 0.335 e. The molecule has 0 saturated heterocycles. The molecule has 0 saturated carbocycles. The molecule has 0 bridgehead atoms. The lowest BCUT2D eigenvalue weighted by atomic mass is 9.93. The van der Waals surface area contributed by atoms with Crippen LogP contribution in [-0.4, -0.2) is 16.1 Å². The molecule has 0 radical (unpaired) electrons. The van der Waals surface area contributed by atoms with Crippen molar-refractivity contribution in [3.8, 4) is 11.1 Å². The van der Waals surface area contributed by atoms with E-state index in [1.165, 1.54) is 24.3 Å². The largest absolute Gasteiger partial charge is 0.478 e. The van der Waals surface area contributed by atoms with E-state index in [4.69, 9.17) is 0 Å². The summed E-state index contributed by atoms with van der Waals surface area (Å²) < 4.78 is 29.0. The molecular formula is C19H15F2NO2. The lowest BCUT2D eigenvalue weighted by molar-refractivity contribution is 0.0697. The number of carbonyl (C=O) groups is 1. The van der Waals surface area contributed by atoms with Crippen molar-refractivity contribution in [2.45, 2.75) is 20.8 Å². The molecule has 1 aromatic heterocycles. The number of aryl methyl sites for hydroxylation is 2. The van der Waals surface area contributed by atoms with Crippen molar-refractivity contribution < 1.29 is 18.7 Å². The van der Waals surface area contributed by atoms with Crippen LogP contribution >= 0.6 is 0 Å². The van der Waals surface area contributed by atoms with Gasteiger partial charge in [-0.3, -0.25) is 4.98 Å². The summed E-state index contributed by atoms with van der Waals surface area (Å²) >= 11 is 0. The number of pyridine rings is 1. The lowest BCUT2D eigenvalue weighted by Gasteiger charge is -2.15. The summed E-state index contributed by atoms with van der Waals surface area (Å²) in [5.41, 5.74) is 2.46. The summed E-state index contributed by atoms with van der Waals surface area (Å²) in [6, 6.07) is 6.92. The number of carboxylic acid groups (broad SMARTS) is 1. The Morgan fingerprint density at radius 2 is 1.62 bits per heavy atom.